The second kappa shape index (κ2) is 17.8. The van der Waals surface area contributed by atoms with E-state index in [0.29, 0.717) is 11.4 Å². The number of methoxy groups -OCH3 is 2. The third kappa shape index (κ3) is 11.1. The van der Waals surface area contributed by atoms with Crippen LogP contribution < -0.4 is 0 Å². The molecule has 0 aromatic heterocycles. The van der Waals surface area contributed by atoms with Crippen LogP contribution in [0.25, 0.3) is 0 Å². The Kier molecular flexibility index (Phi) is 14.8. The largest absolute Gasteiger partial charge is 0.468 e. The summed E-state index contributed by atoms with van der Waals surface area (Å²) in [6.45, 7) is 4.48. The van der Waals surface area contributed by atoms with Gasteiger partial charge in [-0.05, 0) is 68.0 Å². The van der Waals surface area contributed by atoms with Gasteiger partial charge in [0, 0.05) is 28.3 Å². The first-order valence-electron chi connectivity index (χ1n) is 13.0. The maximum Gasteiger partial charge on any atom is 0.315 e. The van der Waals surface area contributed by atoms with E-state index in [2.05, 4.69) is 68.3 Å². The molecule has 0 aliphatic rings. The number of carbonyl (C=O) groups excluding carboxylic acids is 1. The highest BCUT2D eigenvalue weighted by Crippen LogP contribution is 2.34. The Hall–Kier alpha value is -2.75. The van der Waals surface area contributed by atoms with Crippen LogP contribution in [0.2, 0.25) is 5.02 Å². The minimum absolute atomic E-state index is 0.0925. The van der Waals surface area contributed by atoms with Crippen LogP contribution in [0.5, 0.6) is 0 Å². The summed E-state index contributed by atoms with van der Waals surface area (Å²) >= 11 is 8.23. The fourth-order valence-corrected chi connectivity index (χ4v) is 5.43. The normalized spacial score (nSPS) is 12.0. The number of halogens is 1. The van der Waals surface area contributed by atoms with Gasteiger partial charge in [-0.3, -0.25) is 4.79 Å². The quantitative estimate of drug-likeness (QED) is 0.0903. The number of aryl methyl sites for hydroxylation is 3. The van der Waals surface area contributed by atoms with Gasteiger partial charge < -0.3 is 14.2 Å². The summed E-state index contributed by atoms with van der Waals surface area (Å²) in [7, 11) is 2.90. The van der Waals surface area contributed by atoms with E-state index >= 15 is 0 Å². The first-order chi connectivity index (χ1) is 18.9. The van der Waals surface area contributed by atoms with Crippen LogP contribution in [0.3, 0.4) is 0 Å². The summed E-state index contributed by atoms with van der Waals surface area (Å²) < 4.78 is 15.4. The van der Waals surface area contributed by atoms with E-state index < -0.39 is 5.41 Å². The summed E-state index contributed by atoms with van der Waals surface area (Å²) in [4.78, 5) is 14.8. The lowest BCUT2D eigenvalue weighted by Gasteiger charge is -2.29. The lowest BCUT2D eigenvalue weighted by atomic mass is 9.80. The molecule has 3 aromatic carbocycles. The van der Waals surface area contributed by atoms with Crippen LogP contribution >= 0.6 is 23.4 Å². The van der Waals surface area contributed by atoms with Gasteiger partial charge >= 0.3 is 5.97 Å². The molecule has 0 bridgehead atoms. The van der Waals surface area contributed by atoms with Crippen molar-refractivity contribution in [1.29, 1.82) is 0 Å². The number of carbonyl (C=O) groups is 1. The molecule has 0 radical (unpaired) electrons. The van der Waals surface area contributed by atoms with Crippen molar-refractivity contribution in [3.8, 4) is 12.3 Å². The topological polar surface area (TPSA) is 44.8 Å². The van der Waals surface area contributed by atoms with Crippen molar-refractivity contribution in [2.24, 2.45) is 5.41 Å². The van der Waals surface area contributed by atoms with Crippen molar-refractivity contribution < 1.29 is 19.0 Å². The monoisotopic (exact) mass is 566 g/mol. The van der Waals surface area contributed by atoms with Crippen molar-refractivity contribution in [2.45, 2.75) is 55.7 Å². The summed E-state index contributed by atoms with van der Waals surface area (Å²) in [5.74, 6) is 2.23. The second-order valence-electron chi connectivity index (χ2n) is 9.27. The van der Waals surface area contributed by atoms with Crippen molar-refractivity contribution in [3.63, 3.8) is 0 Å². The molecule has 0 heterocycles. The Balaban J connectivity index is 0.000000568. The molecule has 0 aliphatic heterocycles. The average molecular weight is 567 g/mol. The highest BCUT2D eigenvalue weighted by atomic mass is 35.5. The first-order valence-corrected chi connectivity index (χ1v) is 14.2. The fraction of sp³-hybridized carbons (Fsp3) is 0.364. The van der Waals surface area contributed by atoms with E-state index in [-0.39, 0.29) is 25.8 Å². The zero-order valence-electron chi connectivity index (χ0n) is 23.4. The van der Waals surface area contributed by atoms with Crippen LogP contribution in [0, 0.1) is 24.7 Å². The molecule has 0 amide bonds. The number of benzene rings is 3. The first kappa shape index (κ1) is 32.5. The van der Waals surface area contributed by atoms with Crippen LogP contribution in [0.1, 0.15) is 42.9 Å². The molecule has 0 N–H and O–H groups in total. The van der Waals surface area contributed by atoms with Gasteiger partial charge in [0.1, 0.15) is 12.2 Å². The van der Waals surface area contributed by atoms with E-state index in [0.717, 1.165) is 29.7 Å². The molecular weight excluding hydrogens is 528 g/mol. The number of terminal acetylenes is 1. The minimum atomic E-state index is -0.893. The van der Waals surface area contributed by atoms with Gasteiger partial charge in [0.2, 0.25) is 0 Å². The molecule has 0 spiro atoms. The average Bonchev–Trinajstić information content (AvgIpc) is 2.94. The second-order valence-corrected chi connectivity index (χ2v) is 10.8. The van der Waals surface area contributed by atoms with Crippen molar-refractivity contribution in [1.82, 2.24) is 0 Å². The summed E-state index contributed by atoms with van der Waals surface area (Å²) in [5, 5.41) is 0.717. The van der Waals surface area contributed by atoms with Gasteiger partial charge in [0.05, 0.1) is 13.7 Å². The predicted octanol–water partition coefficient (Wildman–Crippen LogP) is 8.17. The zero-order chi connectivity index (χ0) is 28.5. The van der Waals surface area contributed by atoms with Gasteiger partial charge in [0.25, 0.3) is 0 Å². The summed E-state index contributed by atoms with van der Waals surface area (Å²) in [6, 6.07) is 24.9. The lowest BCUT2D eigenvalue weighted by molar-refractivity contribution is -0.160. The Labute approximate surface area is 243 Å². The van der Waals surface area contributed by atoms with Crippen LogP contribution in [0.4, 0.5) is 0 Å². The Morgan fingerprint density at radius 3 is 2.36 bits per heavy atom. The van der Waals surface area contributed by atoms with Gasteiger partial charge in [-0.1, -0.05) is 84.4 Å². The molecule has 3 aromatic rings. The molecule has 4 nitrogen and oxygen atoms in total. The molecule has 1 unspecified atom stereocenters. The molecule has 0 aliphatic carbocycles. The SMILES string of the molecule is C#CCC(CCCc1ccc(Sc2cccc(C)c2)cc1Cl)(COCOC)C(=O)OC.CCc1ccccc1. The number of rotatable bonds is 13. The molecule has 39 heavy (non-hydrogen) atoms. The number of hydrogen-bond donors (Lipinski definition) is 0. The predicted molar refractivity (Wildman–Crippen MR) is 161 cm³/mol. The van der Waals surface area contributed by atoms with Crippen molar-refractivity contribution >= 4 is 29.3 Å². The highest BCUT2D eigenvalue weighted by molar-refractivity contribution is 7.99. The van der Waals surface area contributed by atoms with Gasteiger partial charge in [-0.15, -0.1) is 12.3 Å². The maximum absolute atomic E-state index is 12.5. The molecular formula is C33H39ClO4S. The fourth-order valence-electron chi connectivity index (χ4n) is 4.12. The lowest BCUT2D eigenvalue weighted by Crippen LogP contribution is -2.37. The minimum Gasteiger partial charge on any atom is -0.468 e. The van der Waals surface area contributed by atoms with Gasteiger partial charge in [-0.25, -0.2) is 0 Å². The number of ether oxygens (including phenoxy) is 3. The van der Waals surface area contributed by atoms with E-state index in [4.69, 9.17) is 32.2 Å². The zero-order valence-corrected chi connectivity index (χ0v) is 24.9. The molecule has 208 valence electrons. The molecule has 0 fully saturated rings. The Morgan fingerprint density at radius 1 is 1.03 bits per heavy atom. The van der Waals surface area contributed by atoms with Crippen molar-refractivity contribution in [2.75, 3.05) is 27.6 Å². The molecule has 0 saturated heterocycles. The standard InChI is InChI=1S/C25H29ClO4S.C8H10/c1-5-13-25(24(27)29-4,17-30-18-28-3)14-7-9-20-11-12-22(16-23(20)26)31-21-10-6-8-19(2)15-21;1-2-8-6-4-3-5-7-8/h1,6,8,10-12,15-16H,7,9,13-14,17-18H2,2-4H3;3-7H,2H2,1H3. The smallest absolute Gasteiger partial charge is 0.315 e. The van der Waals surface area contributed by atoms with E-state index in [1.807, 2.05) is 24.3 Å². The van der Waals surface area contributed by atoms with Crippen LogP contribution in [-0.4, -0.2) is 33.6 Å². The third-order valence-electron chi connectivity index (χ3n) is 6.24. The Bertz CT molecular complexity index is 1190. The highest BCUT2D eigenvalue weighted by Gasteiger charge is 2.39. The van der Waals surface area contributed by atoms with E-state index in [1.165, 1.54) is 30.2 Å². The third-order valence-corrected chi connectivity index (χ3v) is 7.57. The molecule has 6 heteroatoms. The summed E-state index contributed by atoms with van der Waals surface area (Å²) in [6.07, 6.45) is 8.89. The number of hydrogen-bond acceptors (Lipinski definition) is 5. The van der Waals surface area contributed by atoms with Crippen LogP contribution in [-0.2, 0) is 31.8 Å². The van der Waals surface area contributed by atoms with Crippen LogP contribution in [0.15, 0.2) is 82.6 Å². The van der Waals surface area contributed by atoms with Gasteiger partial charge in [0.15, 0.2) is 0 Å². The van der Waals surface area contributed by atoms with E-state index in [1.54, 1.807) is 11.8 Å². The number of esters is 1. The molecule has 0 saturated carbocycles. The van der Waals surface area contributed by atoms with Crippen molar-refractivity contribution in [3.05, 3.63) is 94.5 Å². The Morgan fingerprint density at radius 2 is 1.77 bits per heavy atom. The van der Waals surface area contributed by atoms with E-state index in [9.17, 15) is 4.79 Å². The summed E-state index contributed by atoms with van der Waals surface area (Å²) in [5.41, 5.74) is 2.78. The molecule has 1 atom stereocenters. The van der Waals surface area contributed by atoms with Gasteiger partial charge in [-0.2, -0.15) is 0 Å². The molecule has 3 rings (SSSR count). The maximum atomic E-state index is 12.5.